The van der Waals surface area contributed by atoms with Crippen LogP contribution in [0.25, 0.3) is 0 Å². The first-order valence-electron chi connectivity index (χ1n) is 7.67. The third-order valence-electron chi connectivity index (χ3n) is 4.84. The highest BCUT2D eigenvalue weighted by molar-refractivity contribution is 7.80. The molecule has 2 aromatic rings. The van der Waals surface area contributed by atoms with Gasteiger partial charge in [0.2, 0.25) is 0 Å². The number of nitrogens with two attached hydrogens (primary N) is 1. The fourth-order valence-electron chi connectivity index (χ4n) is 3.09. The number of hydrogen-bond donors (Lipinski definition) is 2. The zero-order valence-corrected chi connectivity index (χ0v) is 14.6. The van der Waals surface area contributed by atoms with Gasteiger partial charge >= 0.3 is 0 Å². The maximum Gasteiger partial charge on any atom is 0.251 e. The lowest BCUT2D eigenvalue weighted by Gasteiger charge is -2.50. The van der Waals surface area contributed by atoms with Gasteiger partial charge in [-0.15, -0.1) is 0 Å². The number of pyridine rings is 1. The molecule has 5 nitrogen and oxygen atoms in total. The Hall–Kier alpha value is -2.18. The molecule has 24 heavy (non-hydrogen) atoms. The van der Waals surface area contributed by atoms with E-state index in [1.54, 1.807) is 57.3 Å². The number of aliphatic hydroxyl groups is 1. The fraction of sp³-hybridized carbons (Fsp3) is 0.333. The average Bonchev–Trinajstić information content (AvgIpc) is 2.49. The van der Waals surface area contributed by atoms with E-state index >= 15 is 0 Å². The number of fused-ring (bicyclic) bond motifs is 1. The van der Waals surface area contributed by atoms with Crippen molar-refractivity contribution in [2.24, 2.45) is 5.73 Å². The molecule has 0 saturated heterocycles. The van der Waals surface area contributed by atoms with E-state index in [1.165, 1.54) is 10.6 Å². The topological polar surface area (TPSA) is 77.5 Å². The molecule has 2 unspecified atom stereocenters. The Balaban J connectivity index is 2.29. The molecule has 1 aliphatic heterocycles. The van der Waals surface area contributed by atoms with Gasteiger partial charge in [0, 0.05) is 23.4 Å². The lowest BCUT2D eigenvalue weighted by molar-refractivity contribution is -0.139. The van der Waals surface area contributed by atoms with Crippen molar-refractivity contribution < 1.29 is 9.84 Å². The molecule has 1 aromatic heterocycles. The first kappa shape index (κ1) is 16.7. The number of thiocarbonyl (C=S) groups is 1. The monoisotopic (exact) mass is 344 g/mol. The lowest BCUT2D eigenvalue weighted by atomic mass is 9.75. The second kappa shape index (κ2) is 5.43. The lowest BCUT2D eigenvalue weighted by Crippen LogP contribution is -2.60. The van der Waals surface area contributed by atoms with Gasteiger partial charge in [-0.05, 0) is 32.9 Å². The Morgan fingerprint density at radius 1 is 1.29 bits per heavy atom. The van der Waals surface area contributed by atoms with Crippen molar-refractivity contribution in [2.45, 2.75) is 38.0 Å². The van der Waals surface area contributed by atoms with Crippen molar-refractivity contribution in [3.63, 3.8) is 0 Å². The summed E-state index contributed by atoms with van der Waals surface area (Å²) in [7, 11) is 0. The summed E-state index contributed by atoms with van der Waals surface area (Å²) in [6, 6.07) is 9.66. The van der Waals surface area contributed by atoms with E-state index in [4.69, 9.17) is 22.7 Å². The molecule has 0 fully saturated rings. The summed E-state index contributed by atoms with van der Waals surface area (Å²) in [5, 5.41) is 11.2. The van der Waals surface area contributed by atoms with Crippen LogP contribution in [0, 0.1) is 0 Å². The molecule has 0 radical (unpaired) electrons. The van der Waals surface area contributed by atoms with Gasteiger partial charge in [-0.1, -0.05) is 30.4 Å². The Bertz CT molecular complexity index is 871. The average molecular weight is 344 g/mol. The van der Waals surface area contributed by atoms with Crippen molar-refractivity contribution >= 4 is 17.2 Å². The van der Waals surface area contributed by atoms with E-state index in [9.17, 15) is 9.90 Å². The summed E-state index contributed by atoms with van der Waals surface area (Å²) in [5.41, 5.74) is 4.68. The van der Waals surface area contributed by atoms with Crippen LogP contribution >= 0.6 is 12.2 Å². The van der Waals surface area contributed by atoms with Crippen LogP contribution in [-0.4, -0.2) is 25.9 Å². The molecule has 6 heteroatoms. The zero-order chi connectivity index (χ0) is 17.7. The van der Waals surface area contributed by atoms with Gasteiger partial charge in [-0.25, -0.2) is 0 Å². The van der Waals surface area contributed by atoms with Gasteiger partial charge in [0.15, 0.2) is 0 Å². The summed E-state index contributed by atoms with van der Waals surface area (Å²) in [6.45, 7) is 5.27. The first-order valence-corrected chi connectivity index (χ1v) is 8.08. The van der Waals surface area contributed by atoms with Crippen LogP contribution in [0.4, 0.5) is 0 Å². The molecule has 2 heterocycles. The largest absolute Gasteiger partial charge is 0.484 e. The summed E-state index contributed by atoms with van der Waals surface area (Å²) in [4.78, 5) is 12.6. The molecule has 3 N–H and O–H groups in total. The molecule has 2 atom stereocenters. The van der Waals surface area contributed by atoms with Crippen LogP contribution in [0.5, 0.6) is 5.75 Å². The molecule has 0 amide bonds. The van der Waals surface area contributed by atoms with E-state index in [0.717, 1.165) is 0 Å². The second-order valence-corrected chi connectivity index (χ2v) is 7.17. The van der Waals surface area contributed by atoms with Crippen molar-refractivity contribution in [1.29, 1.82) is 0 Å². The molecule has 126 valence electrons. The van der Waals surface area contributed by atoms with Gasteiger partial charge in [0.05, 0.1) is 6.04 Å². The third-order valence-corrected chi connectivity index (χ3v) is 5.07. The predicted molar refractivity (Wildman–Crippen MR) is 96.5 cm³/mol. The summed E-state index contributed by atoms with van der Waals surface area (Å²) in [6.07, 6.45) is 1.67. The van der Waals surface area contributed by atoms with E-state index in [2.05, 4.69) is 0 Å². The van der Waals surface area contributed by atoms with Gasteiger partial charge in [-0.2, -0.15) is 0 Å². The van der Waals surface area contributed by atoms with Crippen molar-refractivity contribution in [3.05, 3.63) is 64.1 Å². The first-order chi connectivity index (χ1) is 11.1. The molecule has 1 aromatic carbocycles. The standard InChI is InChI=1S/C18H20N2O3S/c1-17(2)18(3,22)15(20-9-5-4-6-14(20)21)12-8-7-11(16(19)24)10-13(12)23-17/h4-10,15,22H,1-3H3,(H2,19,24). The second-order valence-electron chi connectivity index (χ2n) is 6.73. The minimum absolute atomic E-state index is 0.190. The smallest absolute Gasteiger partial charge is 0.251 e. The van der Waals surface area contributed by atoms with Crippen LogP contribution in [0.2, 0.25) is 0 Å². The van der Waals surface area contributed by atoms with Crippen LogP contribution in [-0.2, 0) is 0 Å². The summed E-state index contributed by atoms with van der Waals surface area (Å²) >= 11 is 5.03. The van der Waals surface area contributed by atoms with Crippen molar-refractivity contribution in [3.8, 4) is 5.75 Å². The van der Waals surface area contributed by atoms with Crippen molar-refractivity contribution in [1.82, 2.24) is 4.57 Å². The number of rotatable bonds is 2. The van der Waals surface area contributed by atoms with E-state index < -0.39 is 17.2 Å². The number of nitrogens with zero attached hydrogens (tertiary/aromatic N) is 1. The quantitative estimate of drug-likeness (QED) is 0.815. The molecule has 3 rings (SSSR count). The predicted octanol–water partition coefficient (Wildman–Crippen LogP) is 1.99. The summed E-state index contributed by atoms with van der Waals surface area (Å²) < 4.78 is 7.57. The molecule has 0 saturated carbocycles. The molecular weight excluding hydrogens is 324 g/mol. The fourth-order valence-corrected chi connectivity index (χ4v) is 3.21. The number of benzene rings is 1. The van der Waals surface area contributed by atoms with Crippen LogP contribution < -0.4 is 16.0 Å². The molecule has 0 bridgehead atoms. The summed E-state index contributed by atoms with van der Waals surface area (Å²) in [5.74, 6) is 0.567. The maximum absolute atomic E-state index is 12.4. The molecule has 0 aliphatic carbocycles. The van der Waals surface area contributed by atoms with Gasteiger partial charge < -0.3 is 20.1 Å². The molecule has 1 aliphatic rings. The Morgan fingerprint density at radius 2 is 2.00 bits per heavy atom. The van der Waals surface area contributed by atoms with Crippen LogP contribution in [0.3, 0.4) is 0 Å². The SMILES string of the molecule is CC1(C)Oc2cc(C(N)=S)ccc2C(n2ccccc2=O)C1(C)O. The highest BCUT2D eigenvalue weighted by Crippen LogP contribution is 2.47. The highest BCUT2D eigenvalue weighted by atomic mass is 32.1. The van der Waals surface area contributed by atoms with Gasteiger partial charge in [0.25, 0.3) is 5.56 Å². The zero-order valence-electron chi connectivity index (χ0n) is 13.8. The minimum atomic E-state index is -1.31. The van der Waals surface area contributed by atoms with E-state index in [-0.39, 0.29) is 10.5 Å². The van der Waals surface area contributed by atoms with Gasteiger partial charge in [-0.3, -0.25) is 4.79 Å². The maximum atomic E-state index is 12.4. The number of aromatic nitrogens is 1. The Labute approximate surface area is 145 Å². The van der Waals surface area contributed by atoms with E-state index in [1.807, 2.05) is 0 Å². The highest BCUT2D eigenvalue weighted by Gasteiger charge is 2.53. The van der Waals surface area contributed by atoms with Crippen LogP contribution in [0.15, 0.2) is 47.4 Å². The Kier molecular flexibility index (Phi) is 3.77. The van der Waals surface area contributed by atoms with Crippen molar-refractivity contribution in [2.75, 3.05) is 0 Å². The molecule has 0 spiro atoms. The normalized spacial score (nSPS) is 24.8. The minimum Gasteiger partial charge on any atom is -0.484 e. The Morgan fingerprint density at radius 3 is 2.62 bits per heavy atom. The van der Waals surface area contributed by atoms with Gasteiger partial charge in [0.1, 0.15) is 21.9 Å². The third kappa shape index (κ3) is 2.42. The van der Waals surface area contributed by atoms with Crippen LogP contribution in [0.1, 0.15) is 37.9 Å². The molecular formula is C18H20N2O3S. The number of ether oxygens (including phenoxy) is 1. The van der Waals surface area contributed by atoms with E-state index in [0.29, 0.717) is 16.9 Å². The number of hydrogen-bond acceptors (Lipinski definition) is 4.